The summed E-state index contributed by atoms with van der Waals surface area (Å²) in [4.78, 5) is 14.2. The molecule has 1 aliphatic heterocycles. The Morgan fingerprint density at radius 3 is 2.64 bits per heavy atom. The van der Waals surface area contributed by atoms with Gasteiger partial charge in [-0.2, -0.15) is 5.26 Å². The molecule has 1 amide bonds. The lowest BCUT2D eigenvalue weighted by Gasteiger charge is -2.15. The van der Waals surface area contributed by atoms with Crippen molar-refractivity contribution in [2.24, 2.45) is 0 Å². The molecule has 5 nitrogen and oxygen atoms in total. The number of benzene rings is 1. The van der Waals surface area contributed by atoms with E-state index < -0.39 is 0 Å². The van der Waals surface area contributed by atoms with Gasteiger partial charge < -0.3 is 14.4 Å². The summed E-state index contributed by atoms with van der Waals surface area (Å²) in [5.41, 5.74) is 0.863. The summed E-state index contributed by atoms with van der Waals surface area (Å²) in [6.45, 7) is 6.46. The van der Waals surface area contributed by atoms with Gasteiger partial charge >= 0.3 is 0 Å². The van der Waals surface area contributed by atoms with E-state index in [2.05, 4.69) is 15.9 Å². The predicted molar refractivity (Wildman–Crippen MR) is 101 cm³/mol. The number of nitriles is 1. The van der Waals surface area contributed by atoms with Crippen LogP contribution in [0.5, 0.6) is 11.5 Å². The molecule has 134 valence electrons. The quantitative estimate of drug-likeness (QED) is 0.503. The topological polar surface area (TPSA) is 62.6 Å². The zero-order chi connectivity index (χ0) is 18.2. The molecule has 0 aromatic heterocycles. The van der Waals surface area contributed by atoms with Crippen molar-refractivity contribution in [1.29, 1.82) is 5.26 Å². The Kier molecular flexibility index (Phi) is 7.32. The third kappa shape index (κ3) is 4.99. The molecule has 1 fully saturated rings. The molecule has 1 heterocycles. The molecule has 0 spiro atoms. The molecule has 0 unspecified atom stereocenters. The Bertz CT molecular complexity index is 689. The maximum Gasteiger partial charge on any atom is 0.264 e. The molecule has 0 saturated carbocycles. The normalized spacial score (nSPS) is 14.3. The van der Waals surface area contributed by atoms with Crippen LogP contribution < -0.4 is 9.47 Å². The van der Waals surface area contributed by atoms with Gasteiger partial charge in [0.15, 0.2) is 11.5 Å². The van der Waals surface area contributed by atoms with E-state index in [9.17, 15) is 10.1 Å². The van der Waals surface area contributed by atoms with Crippen molar-refractivity contribution in [1.82, 2.24) is 4.90 Å². The molecule has 1 aromatic rings. The van der Waals surface area contributed by atoms with E-state index >= 15 is 0 Å². The molecule has 1 aliphatic rings. The Morgan fingerprint density at radius 1 is 1.32 bits per heavy atom. The molecule has 0 bridgehead atoms. The Morgan fingerprint density at radius 2 is 2.04 bits per heavy atom. The van der Waals surface area contributed by atoms with E-state index in [1.807, 2.05) is 26.0 Å². The molecular formula is C19H23BrN2O3. The van der Waals surface area contributed by atoms with Crippen LogP contribution in [0.15, 0.2) is 22.2 Å². The number of nitrogens with zero attached hydrogens (tertiary/aromatic N) is 2. The highest BCUT2D eigenvalue weighted by Gasteiger charge is 2.22. The van der Waals surface area contributed by atoms with Gasteiger partial charge in [-0.1, -0.05) is 6.92 Å². The third-order valence-corrected chi connectivity index (χ3v) is 4.43. The van der Waals surface area contributed by atoms with Crippen LogP contribution in [0.25, 0.3) is 6.08 Å². The lowest BCUT2D eigenvalue weighted by Crippen LogP contribution is -2.28. The molecule has 0 aliphatic carbocycles. The minimum Gasteiger partial charge on any atom is -0.490 e. The molecule has 2 rings (SSSR count). The van der Waals surface area contributed by atoms with Crippen LogP contribution >= 0.6 is 15.9 Å². The zero-order valence-electron chi connectivity index (χ0n) is 14.7. The fraction of sp³-hybridized carbons (Fsp3) is 0.474. The number of carbonyl (C=O) groups is 1. The number of likely N-dealkylation sites (tertiary alicyclic amines) is 1. The summed E-state index contributed by atoms with van der Waals surface area (Å²) in [5, 5.41) is 9.40. The fourth-order valence-corrected chi connectivity index (χ4v) is 3.25. The maximum absolute atomic E-state index is 12.5. The third-order valence-electron chi connectivity index (χ3n) is 3.84. The van der Waals surface area contributed by atoms with Crippen LogP contribution in [-0.4, -0.2) is 37.1 Å². The van der Waals surface area contributed by atoms with Crippen LogP contribution in [0.1, 0.15) is 38.7 Å². The van der Waals surface area contributed by atoms with Gasteiger partial charge in [0.25, 0.3) is 5.91 Å². The molecule has 0 radical (unpaired) electrons. The van der Waals surface area contributed by atoms with E-state index in [0.717, 1.165) is 42.4 Å². The second kappa shape index (κ2) is 9.47. The van der Waals surface area contributed by atoms with Crippen molar-refractivity contribution in [2.45, 2.75) is 33.1 Å². The monoisotopic (exact) mass is 406 g/mol. The summed E-state index contributed by atoms with van der Waals surface area (Å²) in [6.07, 6.45) is 4.49. The first-order chi connectivity index (χ1) is 12.1. The van der Waals surface area contributed by atoms with Crippen LogP contribution in [0, 0.1) is 11.3 Å². The number of halogens is 1. The van der Waals surface area contributed by atoms with Crippen molar-refractivity contribution < 1.29 is 14.3 Å². The standard InChI is InChI=1S/C19H23BrN2O3/c1-3-9-25-18-16(20)11-14(12-17(18)24-4-2)10-15(13-21)19(23)22-7-5-6-8-22/h10-12H,3-9H2,1-2H3/b15-10+. The van der Waals surface area contributed by atoms with Crippen molar-refractivity contribution in [3.8, 4) is 17.6 Å². The first kappa shape index (κ1) is 19.3. The molecule has 0 atom stereocenters. The molecule has 1 aromatic carbocycles. The highest BCUT2D eigenvalue weighted by molar-refractivity contribution is 9.10. The number of amides is 1. The van der Waals surface area contributed by atoms with Crippen molar-refractivity contribution in [3.05, 3.63) is 27.7 Å². The smallest absolute Gasteiger partial charge is 0.264 e. The second-order valence-electron chi connectivity index (χ2n) is 5.78. The number of carbonyl (C=O) groups excluding carboxylic acids is 1. The molecule has 1 saturated heterocycles. The largest absolute Gasteiger partial charge is 0.490 e. The van der Waals surface area contributed by atoms with Gasteiger partial charge in [0.1, 0.15) is 11.6 Å². The molecular weight excluding hydrogens is 384 g/mol. The SMILES string of the molecule is CCCOc1c(Br)cc(/C=C(\C#N)C(=O)N2CCCC2)cc1OCC. The summed E-state index contributed by atoms with van der Waals surface area (Å²) in [7, 11) is 0. The van der Waals surface area contributed by atoms with Gasteiger partial charge in [0.05, 0.1) is 17.7 Å². The summed E-state index contributed by atoms with van der Waals surface area (Å²) < 4.78 is 12.2. The number of hydrogen-bond donors (Lipinski definition) is 0. The van der Waals surface area contributed by atoms with Gasteiger partial charge in [-0.15, -0.1) is 0 Å². The Hall–Kier alpha value is -2.00. The highest BCUT2D eigenvalue weighted by Crippen LogP contribution is 2.37. The first-order valence-corrected chi connectivity index (χ1v) is 9.40. The van der Waals surface area contributed by atoms with Crippen molar-refractivity contribution in [2.75, 3.05) is 26.3 Å². The molecule has 0 N–H and O–H groups in total. The Balaban J connectivity index is 2.33. The minimum absolute atomic E-state index is 0.137. The van der Waals surface area contributed by atoms with Crippen LogP contribution in [0.3, 0.4) is 0 Å². The average molecular weight is 407 g/mol. The van der Waals surface area contributed by atoms with Crippen LogP contribution in [-0.2, 0) is 4.79 Å². The molecule has 25 heavy (non-hydrogen) atoms. The maximum atomic E-state index is 12.5. The lowest BCUT2D eigenvalue weighted by molar-refractivity contribution is -0.125. The number of hydrogen-bond acceptors (Lipinski definition) is 4. The van der Waals surface area contributed by atoms with E-state index in [0.29, 0.717) is 24.7 Å². The second-order valence-corrected chi connectivity index (χ2v) is 6.63. The van der Waals surface area contributed by atoms with Gasteiger partial charge in [-0.05, 0) is 65.9 Å². The lowest BCUT2D eigenvalue weighted by atomic mass is 10.1. The van der Waals surface area contributed by atoms with Gasteiger partial charge in [0.2, 0.25) is 0 Å². The van der Waals surface area contributed by atoms with Crippen molar-refractivity contribution >= 4 is 27.9 Å². The van der Waals surface area contributed by atoms with E-state index in [1.165, 1.54) is 0 Å². The van der Waals surface area contributed by atoms with E-state index in [4.69, 9.17) is 9.47 Å². The number of ether oxygens (including phenoxy) is 2. The van der Waals surface area contributed by atoms with Gasteiger partial charge in [-0.3, -0.25) is 4.79 Å². The van der Waals surface area contributed by atoms with Gasteiger partial charge in [0, 0.05) is 13.1 Å². The van der Waals surface area contributed by atoms with Crippen LogP contribution in [0.4, 0.5) is 0 Å². The Labute approximate surface area is 157 Å². The zero-order valence-corrected chi connectivity index (χ0v) is 16.3. The minimum atomic E-state index is -0.208. The van der Waals surface area contributed by atoms with E-state index in [1.54, 1.807) is 17.0 Å². The predicted octanol–water partition coefficient (Wildman–Crippen LogP) is 4.17. The number of rotatable bonds is 7. The first-order valence-electron chi connectivity index (χ1n) is 8.60. The van der Waals surface area contributed by atoms with Crippen molar-refractivity contribution in [3.63, 3.8) is 0 Å². The van der Waals surface area contributed by atoms with Crippen LogP contribution in [0.2, 0.25) is 0 Å². The van der Waals surface area contributed by atoms with E-state index in [-0.39, 0.29) is 11.5 Å². The summed E-state index contributed by atoms with van der Waals surface area (Å²) in [5.74, 6) is 1.04. The summed E-state index contributed by atoms with van der Waals surface area (Å²) >= 11 is 3.50. The fourth-order valence-electron chi connectivity index (χ4n) is 2.68. The molecule has 6 heteroatoms. The average Bonchev–Trinajstić information content (AvgIpc) is 3.13. The van der Waals surface area contributed by atoms with Gasteiger partial charge in [-0.25, -0.2) is 0 Å². The summed E-state index contributed by atoms with van der Waals surface area (Å²) in [6, 6.07) is 5.66. The highest BCUT2D eigenvalue weighted by atomic mass is 79.9.